The number of benzene rings is 2. The number of hydrogen-bond acceptors (Lipinski definition) is 4. The number of aromatic nitrogens is 2. The average Bonchev–Trinajstić information content (AvgIpc) is 2.96. The maximum absolute atomic E-state index is 12.5. The number of imidazole rings is 1. The molecule has 0 bridgehead atoms. The van der Waals surface area contributed by atoms with Crippen molar-refractivity contribution in [1.29, 1.82) is 0 Å². The largest absolute Gasteiger partial charge is 0.493 e. The van der Waals surface area contributed by atoms with Gasteiger partial charge < -0.3 is 14.1 Å². The van der Waals surface area contributed by atoms with Gasteiger partial charge in [-0.15, -0.1) is 0 Å². The number of ether oxygens (including phenoxy) is 1. The van der Waals surface area contributed by atoms with E-state index < -0.39 is 5.63 Å². The second-order valence-corrected chi connectivity index (χ2v) is 6.45. The fraction of sp³-hybridized carbons (Fsp3) is 0.158. The normalized spacial score (nSPS) is 11.4. The van der Waals surface area contributed by atoms with E-state index in [0.29, 0.717) is 33.1 Å². The van der Waals surface area contributed by atoms with E-state index in [-0.39, 0.29) is 0 Å². The summed E-state index contributed by atoms with van der Waals surface area (Å²) in [6.45, 7) is 4.07. The highest BCUT2D eigenvalue weighted by Gasteiger charge is 2.15. The summed E-state index contributed by atoms with van der Waals surface area (Å²) in [7, 11) is 1.50. The Morgan fingerprint density at radius 1 is 1.12 bits per heavy atom. The third kappa shape index (κ3) is 2.57. The van der Waals surface area contributed by atoms with Gasteiger partial charge in [0, 0.05) is 16.5 Å². The molecule has 2 aromatic carbocycles. The Morgan fingerprint density at radius 2 is 1.88 bits per heavy atom. The Morgan fingerprint density at radius 3 is 2.64 bits per heavy atom. The Kier molecular flexibility index (Phi) is 3.54. The lowest BCUT2D eigenvalue weighted by Crippen LogP contribution is -2.04. The van der Waals surface area contributed by atoms with Crippen LogP contribution >= 0.6 is 11.6 Å². The van der Waals surface area contributed by atoms with Gasteiger partial charge in [0.1, 0.15) is 11.4 Å². The summed E-state index contributed by atoms with van der Waals surface area (Å²) in [5.41, 5.74) is 4.22. The van der Waals surface area contributed by atoms with Crippen LogP contribution in [0.2, 0.25) is 5.02 Å². The molecule has 6 heteroatoms. The number of hydrogen-bond donors (Lipinski definition) is 1. The van der Waals surface area contributed by atoms with Crippen LogP contribution in [0.5, 0.6) is 5.75 Å². The summed E-state index contributed by atoms with van der Waals surface area (Å²) in [6, 6.07) is 9.06. The first-order chi connectivity index (χ1) is 12.0. The lowest BCUT2D eigenvalue weighted by molar-refractivity contribution is 0.407. The summed E-state index contributed by atoms with van der Waals surface area (Å²) in [5.74, 6) is 0.886. The van der Waals surface area contributed by atoms with Crippen molar-refractivity contribution in [2.24, 2.45) is 0 Å². The Bertz CT molecular complexity index is 1150. The minimum absolute atomic E-state index is 0.350. The maximum atomic E-state index is 12.5. The van der Waals surface area contributed by atoms with Crippen molar-refractivity contribution in [3.63, 3.8) is 0 Å². The lowest BCUT2D eigenvalue weighted by atomic mass is 10.1. The molecule has 5 nitrogen and oxygen atoms in total. The molecule has 0 unspecified atom stereocenters. The number of aryl methyl sites for hydroxylation is 2. The van der Waals surface area contributed by atoms with Gasteiger partial charge >= 0.3 is 5.63 Å². The van der Waals surface area contributed by atoms with Gasteiger partial charge in [-0.1, -0.05) is 11.6 Å². The molecule has 0 radical (unpaired) electrons. The second-order valence-electron chi connectivity index (χ2n) is 6.01. The van der Waals surface area contributed by atoms with Crippen LogP contribution in [0.1, 0.15) is 11.1 Å². The molecule has 0 aliphatic heterocycles. The molecule has 0 aliphatic carbocycles. The van der Waals surface area contributed by atoms with Gasteiger partial charge in [0.15, 0.2) is 11.3 Å². The summed E-state index contributed by atoms with van der Waals surface area (Å²) in [4.78, 5) is 20.2. The van der Waals surface area contributed by atoms with Crippen molar-refractivity contribution >= 4 is 33.6 Å². The topological polar surface area (TPSA) is 68.1 Å². The number of rotatable bonds is 2. The second kappa shape index (κ2) is 5.63. The highest BCUT2D eigenvalue weighted by Crippen LogP contribution is 2.31. The Balaban J connectivity index is 1.97. The highest BCUT2D eigenvalue weighted by atomic mass is 35.5. The SMILES string of the molecule is COc1cc(Cl)cc2cc(-c3nc4cc(C)c(C)cc4[nH]3)c(=O)oc12. The van der Waals surface area contributed by atoms with Crippen LogP contribution in [0.25, 0.3) is 33.4 Å². The highest BCUT2D eigenvalue weighted by molar-refractivity contribution is 6.31. The van der Waals surface area contributed by atoms with Crippen molar-refractivity contribution in [2.75, 3.05) is 7.11 Å². The van der Waals surface area contributed by atoms with Crippen LogP contribution in [0, 0.1) is 13.8 Å². The molecule has 0 atom stereocenters. The molecule has 4 rings (SSSR count). The van der Waals surface area contributed by atoms with E-state index >= 15 is 0 Å². The van der Waals surface area contributed by atoms with Crippen molar-refractivity contribution < 1.29 is 9.15 Å². The quantitative estimate of drug-likeness (QED) is 0.533. The number of fused-ring (bicyclic) bond motifs is 2. The third-order valence-corrected chi connectivity index (χ3v) is 4.55. The van der Waals surface area contributed by atoms with E-state index in [4.69, 9.17) is 20.8 Å². The maximum Gasteiger partial charge on any atom is 0.347 e. The van der Waals surface area contributed by atoms with Gasteiger partial charge in [0.25, 0.3) is 0 Å². The van der Waals surface area contributed by atoms with Crippen LogP contribution in [-0.2, 0) is 0 Å². The molecule has 0 spiro atoms. The number of halogens is 1. The van der Waals surface area contributed by atoms with Crippen LogP contribution in [0.4, 0.5) is 0 Å². The molecule has 2 aromatic heterocycles. The fourth-order valence-corrected chi connectivity index (χ4v) is 3.10. The summed E-state index contributed by atoms with van der Waals surface area (Å²) >= 11 is 6.12. The van der Waals surface area contributed by atoms with Crippen molar-refractivity contribution in [2.45, 2.75) is 13.8 Å². The van der Waals surface area contributed by atoms with Crippen LogP contribution < -0.4 is 10.4 Å². The van der Waals surface area contributed by atoms with Crippen LogP contribution in [0.15, 0.2) is 39.5 Å². The summed E-state index contributed by atoms with van der Waals surface area (Å²) < 4.78 is 10.7. The van der Waals surface area contributed by atoms with Gasteiger partial charge in [-0.2, -0.15) is 0 Å². The van der Waals surface area contributed by atoms with E-state index in [2.05, 4.69) is 9.97 Å². The number of methoxy groups -OCH3 is 1. The third-order valence-electron chi connectivity index (χ3n) is 4.34. The first-order valence-electron chi connectivity index (χ1n) is 7.75. The molecule has 2 heterocycles. The van der Waals surface area contributed by atoms with Gasteiger partial charge in [-0.25, -0.2) is 9.78 Å². The van der Waals surface area contributed by atoms with Crippen molar-refractivity contribution in [1.82, 2.24) is 9.97 Å². The molecular weight excluding hydrogens is 340 g/mol. The molecule has 0 aliphatic rings. The minimum atomic E-state index is -0.486. The van der Waals surface area contributed by atoms with Gasteiger partial charge in [-0.3, -0.25) is 0 Å². The number of nitrogens with one attached hydrogen (secondary N) is 1. The summed E-state index contributed by atoms with van der Waals surface area (Å²) in [6.07, 6.45) is 0. The minimum Gasteiger partial charge on any atom is -0.493 e. The van der Waals surface area contributed by atoms with Crippen LogP contribution in [0.3, 0.4) is 0 Å². The molecule has 0 fully saturated rings. The first kappa shape index (κ1) is 15.7. The number of aromatic amines is 1. The monoisotopic (exact) mass is 354 g/mol. The molecule has 0 saturated carbocycles. The lowest BCUT2D eigenvalue weighted by Gasteiger charge is -2.05. The molecule has 1 N–H and O–H groups in total. The zero-order valence-corrected chi connectivity index (χ0v) is 14.7. The van der Waals surface area contributed by atoms with Gasteiger partial charge in [0.05, 0.1) is 18.1 Å². The first-order valence-corrected chi connectivity index (χ1v) is 8.13. The fourth-order valence-electron chi connectivity index (χ4n) is 2.88. The standard InChI is InChI=1S/C19H15ClN2O3/c1-9-4-14-15(5-10(9)2)22-18(21-14)13-7-11-6-12(20)8-16(24-3)17(11)25-19(13)23/h4-8H,1-3H3,(H,21,22). The van der Waals surface area contributed by atoms with Crippen molar-refractivity contribution in [3.8, 4) is 17.1 Å². The molecule has 25 heavy (non-hydrogen) atoms. The van der Waals surface area contributed by atoms with Crippen LogP contribution in [-0.4, -0.2) is 17.1 Å². The van der Waals surface area contributed by atoms with E-state index in [1.165, 1.54) is 7.11 Å². The predicted molar refractivity (Wildman–Crippen MR) is 98.6 cm³/mol. The molecule has 0 saturated heterocycles. The number of nitrogens with zero attached hydrogens (tertiary/aromatic N) is 1. The molecule has 0 amide bonds. The average molecular weight is 355 g/mol. The zero-order valence-electron chi connectivity index (χ0n) is 13.9. The smallest absolute Gasteiger partial charge is 0.347 e. The van der Waals surface area contributed by atoms with Gasteiger partial charge in [0.2, 0.25) is 0 Å². The molecule has 4 aromatic rings. The van der Waals surface area contributed by atoms with Crippen molar-refractivity contribution in [3.05, 3.63) is 56.9 Å². The van der Waals surface area contributed by atoms with E-state index in [0.717, 1.165) is 22.2 Å². The van der Waals surface area contributed by atoms with Gasteiger partial charge in [-0.05, 0) is 49.2 Å². The van der Waals surface area contributed by atoms with E-state index in [1.54, 1.807) is 18.2 Å². The van der Waals surface area contributed by atoms with E-state index in [1.807, 2.05) is 26.0 Å². The zero-order chi connectivity index (χ0) is 17.7. The molecular formula is C19H15ClN2O3. The number of H-pyrrole nitrogens is 1. The Hall–Kier alpha value is -2.79. The molecule has 126 valence electrons. The summed E-state index contributed by atoms with van der Waals surface area (Å²) in [5, 5.41) is 1.17. The Labute approximate surface area is 148 Å². The van der Waals surface area contributed by atoms with E-state index in [9.17, 15) is 4.79 Å². The predicted octanol–water partition coefficient (Wildman–Crippen LogP) is 4.62.